The van der Waals surface area contributed by atoms with Crippen LogP contribution < -0.4 is 5.73 Å². The molecule has 0 aliphatic heterocycles. The van der Waals surface area contributed by atoms with E-state index < -0.39 is 28.0 Å². The number of primary amides is 1. The molecule has 0 heterocycles. The molecule has 0 aliphatic carbocycles. The predicted octanol–water partition coefficient (Wildman–Crippen LogP) is 0.504. The summed E-state index contributed by atoms with van der Waals surface area (Å²) in [5.74, 6) is -1.90. The molecule has 7 heteroatoms. The minimum absolute atomic E-state index is 0.0286. The number of phenols is 2. The summed E-state index contributed by atoms with van der Waals surface area (Å²) in [5.41, 5.74) is 4.36. The van der Waals surface area contributed by atoms with Gasteiger partial charge in [0, 0.05) is 6.08 Å². The van der Waals surface area contributed by atoms with Gasteiger partial charge in [-0.2, -0.15) is 0 Å². The van der Waals surface area contributed by atoms with Crippen LogP contribution in [0.2, 0.25) is 0 Å². The van der Waals surface area contributed by atoms with Gasteiger partial charge in [0.05, 0.1) is 16.6 Å². The highest BCUT2D eigenvalue weighted by atomic mass is 16.6. The number of carbonyl (C=O) groups excluding carboxylic acids is 1. The second kappa shape index (κ2) is 4.30. The van der Waals surface area contributed by atoms with Gasteiger partial charge < -0.3 is 15.9 Å². The van der Waals surface area contributed by atoms with Crippen molar-refractivity contribution in [1.82, 2.24) is 0 Å². The maximum absolute atomic E-state index is 10.6. The molecular weight excluding hydrogens is 216 g/mol. The Morgan fingerprint density at radius 2 is 1.94 bits per heavy atom. The molecule has 1 aromatic rings. The number of nitrogens with zero attached hydrogens (tertiary/aromatic N) is 1. The molecular formula is C9H8N2O5. The fraction of sp³-hybridized carbons (Fsp3) is 0. The number of hydrogen-bond acceptors (Lipinski definition) is 5. The Kier molecular flexibility index (Phi) is 3.09. The van der Waals surface area contributed by atoms with Crippen molar-refractivity contribution in [2.45, 2.75) is 0 Å². The molecule has 1 rings (SSSR count). The lowest BCUT2D eigenvalue weighted by Crippen LogP contribution is -2.05. The molecule has 0 saturated carbocycles. The largest absolute Gasteiger partial charge is 0.504 e. The number of nitro groups is 1. The Morgan fingerprint density at radius 1 is 1.38 bits per heavy atom. The van der Waals surface area contributed by atoms with E-state index in [1.54, 1.807) is 0 Å². The Morgan fingerprint density at radius 3 is 2.44 bits per heavy atom. The van der Waals surface area contributed by atoms with Crippen LogP contribution in [0, 0.1) is 10.1 Å². The molecule has 4 N–H and O–H groups in total. The zero-order valence-electron chi connectivity index (χ0n) is 7.95. The number of phenolic OH excluding ortho intramolecular Hbond substituents is 2. The number of rotatable bonds is 3. The minimum atomic E-state index is -0.776. The maximum Gasteiger partial charge on any atom is 0.280 e. The number of benzene rings is 1. The van der Waals surface area contributed by atoms with E-state index in [2.05, 4.69) is 0 Å². The third-order valence-corrected chi connectivity index (χ3v) is 1.75. The van der Waals surface area contributed by atoms with E-state index in [-0.39, 0.29) is 5.56 Å². The van der Waals surface area contributed by atoms with Crippen molar-refractivity contribution in [2.75, 3.05) is 0 Å². The first kappa shape index (κ1) is 11.5. The molecule has 1 aromatic carbocycles. The van der Waals surface area contributed by atoms with Gasteiger partial charge in [-0.15, -0.1) is 0 Å². The molecule has 0 radical (unpaired) electrons. The summed E-state index contributed by atoms with van der Waals surface area (Å²) >= 11 is 0. The zero-order chi connectivity index (χ0) is 12.3. The van der Waals surface area contributed by atoms with Crippen LogP contribution in [-0.4, -0.2) is 21.0 Å². The van der Waals surface area contributed by atoms with Crippen LogP contribution in [-0.2, 0) is 4.79 Å². The lowest BCUT2D eigenvalue weighted by Gasteiger charge is -2.01. The van der Waals surface area contributed by atoms with E-state index in [0.717, 1.165) is 24.3 Å². The second-order valence-electron chi connectivity index (χ2n) is 2.89. The predicted molar refractivity (Wildman–Crippen MR) is 54.7 cm³/mol. The zero-order valence-corrected chi connectivity index (χ0v) is 7.95. The van der Waals surface area contributed by atoms with E-state index in [9.17, 15) is 14.9 Å². The fourth-order valence-corrected chi connectivity index (χ4v) is 1.05. The van der Waals surface area contributed by atoms with Crippen LogP contribution in [0.1, 0.15) is 5.56 Å². The minimum Gasteiger partial charge on any atom is -0.504 e. The van der Waals surface area contributed by atoms with Gasteiger partial charge >= 0.3 is 0 Å². The first-order chi connectivity index (χ1) is 7.41. The highest BCUT2D eigenvalue weighted by molar-refractivity contribution is 5.91. The van der Waals surface area contributed by atoms with Crippen molar-refractivity contribution in [3.63, 3.8) is 0 Å². The Hall–Kier alpha value is -2.57. The van der Waals surface area contributed by atoms with Crippen LogP contribution in [0.5, 0.6) is 11.5 Å². The van der Waals surface area contributed by atoms with Crippen molar-refractivity contribution in [2.24, 2.45) is 5.73 Å². The van der Waals surface area contributed by atoms with Crippen LogP contribution in [0.15, 0.2) is 18.2 Å². The topological polar surface area (TPSA) is 127 Å². The highest BCUT2D eigenvalue weighted by Gasteiger charge is 2.15. The number of nitrogens with two attached hydrogens (primary N) is 1. The number of aromatic hydroxyl groups is 2. The monoisotopic (exact) mass is 224 g/mol. The fourth-order valence-electron chi connectivity index (χ4n) is 1.05. The normalized spacial score (nSPS) is 10.5. The number of nitro benzene ring substituents is 1. The van der Waals surface area contributed by atoms with Crippen LogP contribution in [0.25, 0.3) is 6.08 Å². The van der Waals surface area contributed by atoms with Crippen molar-refractivity contribution >= 4 is 17.7 Å². The van der Waals surface area contributed by atoms with Crippen molar-refractivity contribution in [3.8, 4) is 11.5 Å². The van der Waals surface area contributed by atoms with Crippen molar-refractivity contribution < 1.29 is 19.9 Å². The number of hydrogen-bond donors (Lipinski definition) is 3. The first-order valence-electron chi connectivity index (χ1n) is 4.09. The number of carbonyl (C=O) groups is 1. The van der Waals surface area contributed by atoms with Gasteiger partial charge in [-0.25, -0.2) is 0 Å². The van der Waals surface area contributed by atoms with Crippen LogP contribution >= 0.6 is 0 Å². The molecule has 1 amide bonds. The summed E-state index contributed by atoms with van der Waals surface area (Å²) in [6.07, 6.45) is 2.00. The molecule has 7 nitrogen and oxygen atoms in total. The van der Waals surface area contributed by atoms with E-state index in [1.807, 2.05) is 0 Å². The summed E-state index contributed by atoms with van der Waals surface area (Å²) in [5, 5.41) is 28.8. The van der Waals surface area contributed by atoms with Gasteiger partial charge in [0.25, 0.3) is 5.69 Å². The molecule has 0 fully saturated rings. The van der Waals surface area contributed by atoms with Gasteiger partial charge in [0.2, 0.25) is 5.91 Å². The quantitative estimate of drug-likeness (QED) is 0.298. The van der Waals surface area contributed by atoms with Crippen LogP contribution in [0.4, 0.5) is 5.69 Å². The van der Waals surface area contributed by atoms with Gasteiger partial charge in [-0.1, -0.05) is 0 Å². The van der Waals surface area contributed by atoms with E-state index >= 15 is 0 Å². The summed E-state index contributed by atoms with van der Waals surface area (Å²) in [4.78, 5) is 20.3. The SMILES string of the molecule is NC(=O)C=Cc1cc(O)c(O)cc1[N+](=O)[O-]. The summed E-state index contributed by atoms with van der Waals surface area (Å²) in [6.45, 7) is 0. The van der Waals surface area contributed by atoms with E-state index in [0.29, 0.717) is 0 Å². The summed E-state index contributed by atoms with van der Waals surface area (Å²) < 4.78 is 0. The lowest BCUT2D eigenvalue weighted by molar-refractivity contribution is -0.385. The molecule has 0 unspecified atom stereocenters. The Balaban J connectivity index is 3.30. The first-order valence-corrected chi connectivity index (χ1v) is 4.09. The Bertz CT molecular complexity index is 481. The molecule has 0 saturated heterocycles. The van der Waals surface area contributed by atoms with E-state index in [4.69, 9.17) is 15.9 Å². The molecule has 84 valence electrons. The average Bonchev–Trinajstić information content (AvgIpc) is 2.18. The Labute approximate surface area is 89.6 Å². The molecule has 0 bridgehead atoms. The highest BCUT2D eigenvalue weighted by Crippen LogP contribution is 2.33. The lowest BCUT2D eigenvalue weighted by atomic mass is 10.1. The molecule has 16 heavy (non-hydrogen) atoms. The third kappa shape index (κ3) is 2.47. The smallest absolute Gasteiger partial charge is 0.280 e. The van der Waals surface area contributed by atoms with Crippen LogP contribution in [0.3, 0.4) is 0 Å². The summed E-state index contributed by atoms with van der Waals surface area (Å²) in [7, 11) is 0. The third-order valence-electron chi connectivity index (χ3n) is 1.75. The van der Waals surface area contributed by atoms with Gasteiger partial charge in [0.15, 0.2) is 11.5 Å². The van der Waals surface area contributed by atoms with Gasteiger partial charge in [-0.3, -0.25) is 14.9 Å². The molecule has 0 aliphatic rings. The van der Waals surface area contributed by atoms with Gasteiger partial charge in [-0.05, 0) is 12.1 Å². The number of amides is 1. The second-order valence-corrected chi connectivity index (χ2v) is 2.89. The molecule has 0 spiro atoms. The van der Waals surface area contributed by atoms with Gasteiger partial charge in [0.1, 0.15) is 0 Å². The molecule has 0 aromatic heterocycles. The maximum atomic E-state index is 10.6. The summed E-state index contributed by atoms with van der Waals surface area (Å²) in [6, 6.07) is 1.75. The average molecular weight is 224 g/mol. The standard InChI is InChI=1S/C9H8N2O5/c10-9(14)2-1-5-3-7(12)8(13)4-6(5)11(15)16/h1-4,12-13H,(H2,10,14). The van der Waals surface area contributed by atoms with E-state index in [1.165, 1.54) is 0 Å². The van der Waals surface area contributed by atoms with Crippen molar-refractivity contribution in [1.29, 1.82) is 0 Å². The molecule has 0 atom stereocenters. The van der Waals surface area contributed by atoms with Crippen molar-refractivity contribution in [3.05, 3.63) is 33.9 Å².